The van der Waals surface area contributed by atoms with Gasteiger partial charge < -0.3 is 4.98 Å². The maximum atomic E-state index is 3.70. The summed E-state index contributed by atoms with van der Waals surface area (Å²) in [6.07, 6.45) is 0. The van der Waals surface area contributed by atoms with E-state index >= 15 is 0 Å². The number of hydrogen-bond donors (Lipinski definition) is 1. The summed E-state index contributed by atoms with van der Waals surface area (Å²) in [7, 11) is 0. The van der Waals surface area contributed by atoms with Gasteiger partial charge in [0.05, 0.1) is 5.52 Å². The first-order chi connectivity index (χ1) is 11.9. The van der Waals surface area contributed by atoms with Crippen molar-refractivity contribution < 1.29 is 0 Å². The predicted molar refractivity (Wildman–Crippen MR) is 106 cm³/mol. The summed E-state index contributed by atoms with van der Waals surface area (Å²) in [4.78, 5) is 3.70. The van der Waals surface area contributed by atoms with Gasteiger partial charge in [-0.25, -0.2) is 0 Å². The highest BCUT2D eigenvalue weighted by molar-refractivity contribution is 7.18. The van der Waals surface area contributed by atoms with Gasteiger partial charge in [-0.3, -0.25) is 0 Å². The van der Waals surface area contributed by atoms with Crippen molar-refractivity contribution in [2.75, 3.05) is 0 Å². The van der Waals surface area contributed by atoms with Crippen molar-refractivity contribution in [1.82, 2.24) is 4.98 Å². The molecule has 0 atom stereocenters. The Hall–Kier alpha value is -2.84. The molecule has 0 radical (unpaired) electrons. The summed E-state index contributed by atoms with van der Waals surface area (Å²) in [5.41, 5.74) is 2.47. The van der Waals surface area contributed by atoms with E-state index in [-0.39, 0.29) is 0 Å². The van der Waals surface area contributed by atoms with Crippen molar-refractivity contribution in [2.24, 2.45) is 0 Å². The molecular formula is C22H13NS. The molecule has 2 aromatic heterocycles. The summed E-state index contributed by atoms with van der Waals surface area (Å²) in [6, 6.07) is 24.1. The Labute approximate surface area is 142 Å². The molecule has 0 bridgehead atoms. The molecule has 0 saturated heterocycles. The SMILES string of the molecule is c1ccc2c(c1)ccc1[nH]c3c4ccccc4c4sccc4c3c12. The van der Waals surface area contributed by atoms with Crippen LogP contribution in [0, 0.1) is 0 Å². The van der Waals surface area contributed by atoms with E-state index in [0.717, 1.165) is 0 Å². The molecule has 4 aromatic carbocycles. The molecule has 112 valence electrons. The van der Waals surface area contributed by atoms with Gasteiger partial charge in [-0.1, -0.05) is 54.6 Å². The van der Waals surface area contributed by atoms with E-state index in [0.29, 0.717) is 0 Å². The van der Waals surface area contributed by atoms with Gasteiger partial charge in [-0.2, -0.15) is 0 Å². The Bertz CT molecular complexity index is 1400. The fourth-order valence-corrected chi connectivity index (χ4v) is 4.99. The molecule has 0 aliphatic carbocycles. The van der Waals surface area contributed by atoms with E-state index in [9.17, 15) is 0 Å². The van der Waals surface area contributed by atoms with Crippen molar-refractivity contribution in [3.63, 3.8) is 0 Å². The van der Waals surface area contributed by atoms with Crippen LogP contribution in [0.4, 0.5) is 0 Å². The standard InChI is InChI=1S/C22H13NS/c1-2-6-14-13(5-1)9-10-18-19(14)20-17-11-12-24-22(17)16-8-4-3-7-15(16)21(20)23-18/h1-12,23H. The average molecular weight is 323 g/mol. The molecule has 2 heteroatoms. The number of aromatic amines is 1. The van der Waals surface area contributed by atoms with Crippen LogP contribution in [0.2, 0.25) is 0 Å². The van der Waals surface area contributed by atoms with Crippen molar-refractivity contribution in [3.8, 4) is 0 Å². The Balaban J connectivity index is 2.06. The lowest BCUT2D eigenvalue weighted by Crippen LogP contribution is -1.77. The van der Waals surface area contributed by atoms with Gasteiger partial charge in [0, 0.05) is 37.1 Å². The molecule has 24 heavy (non-hydrogen) atoms. The second-order valence-electron chi connectivity index (χ2n) is 6.29. The van der Waals surface area contributed by atoms with Gasteiger partial charge in [-0.05, 0) is 28.3 Å². The van der Waals surface area contributed by atoms with Crippen LogP contribution in [0.25, 0.3) is 53.4 Å². The molecule has 2 heterocycles. The van der Waals surface area contributed by atoms with Gasteiger partial charge in [-0.15, -0.1) is 11.3 Å². The van der Waals surface area contributed by atoms with Crippen LogP contribution >= 0.6 is 11.3 Å². The molecular weight excluding hydrogens is 310 g/mol. The largest absolute Gasteiger partial charge is 0.354 e. The highest BCUT2D eigenvalue weighted by atomic mass is 32.1. The summed E-state index contributed by atoms with van der Waals surface area (Å²) in [5.74, 6) is 0. The summed E-state index contributed by atoms with van der Waals surface area (Å²) in [5, 5.41) is 11.5. The Morgan fingerprint density at radius 3 is 2.33 bits per heavy atom. The molecule has 1 nitrogen and oxygen atoms in total. The van der Waals surface area contributed by atoms with Crippen LogP contribution in [-0.4, -0.2) is 4.98 Å². The maximum absolute atomic E-state index is 3.70. The minimum atomic E-state index is 1.22. The van der Waals surface area contributed by atoms with Crippen molar-refractivity contribution in [1.29, 1.82) is 0 Å². The van der Waals surface area contributed by atoms with Crippen molar-refractivity contribution in [2.45, 2.75) is 0 Å². The first-order valence-corrected chi connectivity index (χ1v) is 9.01. The molecule has 0 aliphatic heterocycles. The van der Waals surface area contributed by atoms with Gasteiger partial charge in [0.2, 0.25) is 0 Å². The lowest BCUT2D eigenvalue weighted by Gasteiger charge is -2.04. The van der Waals surface area contributed by atoms with Gasteiger partial charge in [0.25, 0.3) is 0 Å². The quantitative estimate of drug-likeness (QED) is 0.315. The van der Waals surface area contributed by atoms with Crippen molar-refractivity contribution >= 4 is 64.8 Å². The third-order valence-electron chi connectivity index (χ3n) is 5.06. The Kier molecular flexibility index (Phi) is 2.29. The Morgan fingerprint density at radius 2 is 1.42 bits per heavy atom. The van der Waals surface area contributed by atoms with E-state index < -0.39 is 0 Å². The molecule has 0 fully saturated rings. The zero-order valence-electron chi connectivity index (χ0n) is 12.8. The fourth-order valence-electron chi connectivity index (χ4n) is 4.05. The van der Waals surface area contributed by atoms with Crippen LogP contribution in [0.15, 0.2) is 72.1 Å². The molecule has 0 amide bonds. The molecule has 0 spiro atoms. The first-order valence-electron chi connectivity index (χ1n) is 8.13. The number of fused-ring (bicyclic) bond motifs is 10. The average Bonchev–Trinajstić information content (AvgIpc) is 3.26. The third-order valence-corrected chi connectivity index (χ3v) is 6.01. The highest BCUT2D eigenvalue weighted by Crippen LogP contribution is 2.42. The number of thiophene rings is 1. The second kappa shape index (κ2) is 4.37. The normalized spacial score (nSPS) is 12.2. The number of nitrogens with one attached hydrogen (secondary N) is 1. The minimum Gasteiger partial charge on any atom is -0.354 e. The predicted octanol–water partition coefficient (Wildman–Crippen LogP) is 6.84. The minimum absolute atomic E-state index is 1.22. The summed E-state index contributed by atoms with van der Waals surface area (Å²) >= 11 is 1.84. The van der Waals surface area contributed by atoms with E-state index in [1.807, 2.05) is 11.3 Å². The van der Waals surface area contributed by atoms with E-state index in [1.165, 1.54) is 53.4 Å². The second-order valence-corrected chi connectivity index (χ2v) is 7.21. The lowest BCUT2D eigenvalue weighted by atomic mass is 9.99. The molecule has 0 aliphatic rings. The van der Waals surface area contributed by atoms with E-state index in [2.05, 4.69) is 77.1 Å². The number of aromatic nitrogens is 1. The summed E-state index contributed by atoms with van der Waals surface area (Å²) < 4.78 is 1.38. The molecule has 1 N–H and O–H groups in total. The highest BCUT2D eigenvalue weighted by Gasteiger charge is 2.15. The number of H-pyrrole nitrogens is 1. The van der Waals surface area contributed by atoms with Gasteiger partial charge >= 0.3 is 0 Å². The number of rotatable bonds is 0. The van der Waals surface area contributed by atoms with Crippen LogP contribution in [-0.2, 0) is 0 Å². The smallest absolute Gasteiger partial charge is 0.0551 e. The van der Waals surface area contributed by atoms with Gasteiger partial charge in [0.1, 0.15) is 0 Å². The number of hydrogen-bond acceptors (Lipinski definition) is 1. The monoisotopic (exact) mass is 323 g/mol. The van der Waals surface area contributed by atoms with Crippen LogP contribution in [0.5, 0.6) is 0 Å². The third kappa shape index (κ3) is 1.44. The zero-order chi connectivity index (χ0) is 15.7. The maximum Gasteiger partial charge on any atom is 0.0551 e. The van der Waals surface area contributed by atoms with Crippen LogP contribution in [0.1, 0.15) is 0 Å². The molecule has 0 unspecified atom stereocenters. The van der Waals surface area contributed by atoms with E-state index in [4.69, 9.17) is 0 Å². The topological polar surface area (TPSA) is 15.8 Å². The zero-order valence-corrected chi connectivity index (χ0v) is 13.7. The molecule has 6 rings (SSSR count). The molecule has 6 aromatic rings. The van der Waals surface area contributed by atoms with E-state index in [1.54, 1.807) is 0 Å². The van der Waals surface area contributed by atoms with Crippen LogP contribution in [0.3, 0.4) is 0 Å². The lowest BCUT2D eigenvalue weighted by molar-refractivity contribution is 1.57. The van der Waals surface area contributed by atoms with Gasteiger partial charge in [0.15, 0.2) is 0 Å². The summed E-state index contributed by atoms with van der Waals surface area (Å²) in [6.45, 7) is 0. The van der Waals surface area contributed by atoms with Crippen LogP contribution < -0.4 is 0 Å². The Morgan fingerprint density at radius 1 is 0.625 bits per heavy atom. The molecule has 0 saturated carbocycles. The number of benzene rings is 4. The fraction of sp³-hybridized carbons (Fsp3) is 0. The first kappa shape index (κ1) is 12.6. The van der Waals surface area contributed by atoms with Crippen molar-refractivity contribution in [3.05, 3.63) is 72.1 Å².